The number of amides is 1. The van der Waals surface area contributed by atoms with Gasteiger partial charge in [0.2, 0.25) is 0 Å². The van der Waals surface area contributed by atoms with Crippen molar-refractivity contribution in [3.05, 3.63) is 101 Å². The van der Waals surface area contributed by atoms with Gasteiger partial charge in [0, 0.05) is 26.2 Å². The molecular formula is C25H23F3N2O2. The Morgan fingerprint density at radius 1 is 0.906 bits per heavy atom. The predicted molar refractivity (Wildman–Crippen MR) is 115 cm³/mol. The Bertz CT molecular complexity index is 1050. The first-order valence-corrected chi connectivity index (χ1v) is 10.3. The number of rotatable bonds is 7. The van der Waals surface area contributed by atoms with E-state index < -0.39 is 11.7 Å². The third kappa shape index (κ3) is 5.48. The van der Waals surface area contributed by atoms with Crippen LogP contribution in [0.1, 0.15) is 27.0 Å². The molecule has 1 heterocycles. The molecule has 0 aliphatic carbocycles. The van der Waals surface area contributed by atoms with Crippen molar-refractivity contribution in [2.24, 2.45) is 0 Å². The summed E-state index contributed by atoms with van der Waals surface area (Å²) >= 11 is 0. The lowest BCUT2D eigenvalue weighted by Crippen LogP contribution is -2.53. The molecule has 4 nitrogen and oxygen atoms in total. The summed E-state index contributed by atoms with van der Waals surface area (Å²) in [5.74, 6) is 0.322. The second-order valence-electron chi connectivity index (χ2n) is 7.79. The quantitative estimate of drug-likeness (QED) is 0.568. The number of likely N-dealkylation sites (tertiary alicyclic amines) is 1. The number of ether oxygens (including phenoxy) is 1. The summed E-state index contributed by atoms with van der Waals surface area (Å²) in [6.45, 7) is 2.26. The van der Waals surface area contributed by atoms with Crippen LogP contribution in [0, 0.1) is 0 Å². The van der Waals surface area contributed by atoms with Gasteiger partial charge in [0.1, 0.15) is 11.9 Å². The van der Waals surface area contributed by atoms with Gasteiger partial charge in [-0.3, -0.25) is 9.69 Å². The van der Waals surface area contributed by atoms with Crippen LogP contribution in [0.4, 0.5) is 13.2 Å². The monoisotopic (exact) mass is 440 g/mol. The van der Waals surface area contributed by atoms with Crippen LogP contribution >= 0.6 is 0 Å². The van der Waals surface area contributed by atoms with Crippen molar-refractivity contribution in [2.75, 3.05) is 13.1 Å². The van der Waals surface area contributed by atoms with Crippen LogP contribution in [0.25, 0.3) is 0 Å². The number of nitrogens with zero attached hydrogens (tertiary/aromatic N) is 1. The van der Waals surface area contributed by atoms with Crippen molar-refractivity contribution in [3.8, 4) is 5.75 Å². The minimum absolute atomic E-state index is 0.0764. The van der Waals surface area contributed by atoms with Gasteiger partial charge in [0.25, 0.3) is 5.91 Å². The van der Waals surface area contributed by atoms with Crippen LogP contribution in [-0.4, -0.2) is 30.0 Å². The van der Waals surface area contributed by atoms with Crippen LogP contribution < -0.4 is 10.1 Å². The highest BCUT2D eigenvalue weighted by Gasteiger charge is 2.31. The van der Waals surface area contributed by atoms with Gasteiger partial charge in [0.15, 0.2) is 0 Å². The Morgan fingerprint density at radius 3 is 2.25 bits per heavy atom. The van der Waals surface area contributed by atoms with Gasteiger partial charge >= 0.3 is 6.18 Å². The molecule has 0 aromatic heterocycles. The van der Waals surface area contributed by atoms with E-state index in [0.29, 0.717) is 37.5 Å². The summed E-state index contributed by atoms with van der Waals surface area (Å²) in [7, 11) is 0. The molecule has 1 N–H and O–H groups in total. The molecule has 166 valence electrons. The summed E-state index contributed by atoms with van der Waals surface area (Å²) in [4.78, 5) is 14.7. The fourth-order valence-corrected chi connectivity index (χ4v) is 3.59. The normalized spacial score (nSPS) is 14.6. The Balaban J connectivity index is 1.29. The zero-order valence-corrected chi connectivity index (χ0v) is 17.3. The fourth-order valence-electron chi connectivity index (χ4n) is 3.59. The summed E-state index contributed by atoms with van der Waals surface area (Å²) in [5.41, 5.74) is 1.66. The standard InChI is InChI=1S/C25H23F3N2O2/c26-25(27,28)20-12-10-19(11-13-20)15-30-16-21(17-30)32-23-9-5-4-8-22(23)24(31)29-14-18-6-2-1-3-7-18/h1-13,21H,14-17H2,(H,29,31). The van der Waals surface area contributed by atoms with E-state index in [-0.39, 0.29) is 12.0 Å². The Hall–Kier alpha value is -3.32. The lowest BCUT2D eigenvalue weighted by Gasteiger charge is -2.39. The van der Waals surface area contributed by atoms with Crippen LogP contribution in [0.2, 0.25) is 0 Å². The SMILES string of the molecule is O=C(NCc1ccccc1)c1ccccc1OC1CN(Cc2ccc(C(F)(F)F)cc2)C1. The first-order valence-electron chi connectivity index (χ1n) is 10.3. The molecule has 4 rings (SSSR count). The molecule has 0 radical (unpaired) electrons. The molecule has 1 fully saturated rings. The molecule has 3 aromatic rings. The Kier molecular flexibility index (Phi) is 6.46. The average molecular weight is 440 g/mol. The van der Waals surface area contributed by atoms with Crippen LogP contribution in [0.5, 0.6) is 5.75 Å². The van der Waals surface area contributed by atoms with E-state index in [0.717, 1.165) is 23.3 Å². The van der Waals surface area contributed by atoms with E-state index in [2.05, 4.69) is 10.2 Å². The molecule has 0 atom stereocenters. The first-order chi connectivity index (χ1) is 15.4. The summed E-state index contributed by atoms with van der Waals surface area (Å²) in [5, 5.41) is 2.91. The molecule has 0 spiro atoms. The van der Waals surface area contributed by atoms with E-state index in [1.54, 1.807) is 18.2 Å². The number of hydrogen-bond acceptors (Lipinski definition) is 3. The summed E-state index contributed by atoms with van der Waals surface area (Å²) in [6, 6.07) is 22.0. The van der Waals surface area contributed by atoms with Crippen molar-refractivity contribution in [1.29, 1.82) is 0 Å². The fraction of sp³-hybridized carbons (Fsp3) is 0.240. The lowest BCUT2D eigenvalue weighted by molar-refractivity contribution is -0.137. The largest absolute Gasteiger partial charge is 0.487 e. The molecule has 7 heteroatoms. The van der Waals surface area contributed by atoms with E-state index in [4.69, 9.17) is 4.74 Å². The van der Waals surface area contributed by atoms with Gasteiger partial charge in [-0.2, -0.15) is 13.2 Å². The minimum Gasteiger partial charge on any atom is -0.487 e. The average Bonchev–Trinajstić information content (AvgIpc) is 2.77. The smallest absolute Gasteiger partial charge is 0.416 e. The molecular weight excluding hydrogens is 417 g/mol. The molecule has 0 unspecified atom stereocenters. The summed E-state index contributed by atoms with van der Waals surface area (Å²) in [6.07, 6.45) is -4.40. The highest BCUT2D eigenvalue weighted by Crippen LogP contribution is 2.29. The van der Waals surface area contributed by atoms with Gasteiger partial charge in [-0.25, -0.2) is 0 Å². The second-order valence-corrected chi connectivity index (χ2v) is 7.79. The molecule has 1 aliphatic heterocycles. The van der Waals surface area contributed by atoms with Gasteiger partial charge in [-0.1, -0.05) is 54.6 Å². The Morgan fingerprint density at radius 2 is 1.56 bits per heavy atom. The second kappa shape index (κ2) is 9.44. The van der Waals surface area contributed by atoms with E-state index in [9.17, 15) is 18.0 Å². The molecule has 1 aliphatic rings. The number of alkyl halides is 3. The molecule has 0 bridgehead atoms. The Labute approximate surface area is 184 Å². The van der Waals surface area contributed by atoms with Gasteiger partial charge in [0.05, 0.1) is 11.1 Å². The van der Waals surface area contributed by atoms with Crippen molar-refractivity contribution in [3.63, 3.8) is 0 Å². The predicted octanol–water partition coefficient (Wildman–Crippen LogP) is 4.90. The minimum atomic E-state index is -4.32. The van der Waals surface area contributed by atoms with Crippen LogP contribution in [0.15, 0.2) is 78.9 Å². The third-order valence-electron chi connectivity index (χ3n) is 5.33. The van der Waals surface area contributed by atoms with Crippen molar-refractivity contribution >= 4 is 5.91 Å². The van der Waals surface area contributed by atoms with Gasteiger partial charge in [-0.15, -0.1) is 0 Å². The number of carbonyl (C=O) groups is 1. The maximum absolute atomic E-state index is 12.7. The number of benzene rings is 3. The number of nitrogens with one attached hydrogen (secondary N) is 1. The molecule has 32 heavy (non-hydrogen) atoms. The maximum atomic E-state index is 12.7. The molecule has 3 aromatic carbocycles. The zero-order valence-electron chi connectivity index (χ0n) is 17.3. The lowest BCUT2D eigenvalue weighted by atomic mass is 10.1. The van der Waals surface area contributed by atoms with Crippen molar-refractivity contribution in [2.45, 2.75) is 25.4 Å². The van der Waals surface area contributed by atoms with E-state index in [1.807, 2.05) is 36.4 Å². The molecule has 1 saturated heterocycles. The summed E-state index contributed by atoms with van der Waals surface area (Å²) < 4.78 is 44.1. The van der Waals surface area contributed by atoms with Crippen LogP contribution in [-0.2, 0) is 19.3 Å². The first kappa shape index (κ1) is 21.9. The van der Waals surface area contributed by atoms with E-state index >= 15 is 0 Å². The van der Waals surface area contributed by atoms with Crippen LogP contribution in [0.3, 0.4) is 0 Å². The number of carbonyl (C=O) groups excluding carboxylic acids is 1. The number of para-hydroxylation sites is 1. The van der Waals surface area contributed by atoms with Crippen molar-refractivity contribution < 1.29 is 22.7 Å². The molecule has 1 amide bonds. The topological polar surface area (TPSA) is 41.6 Å². The molecule has 0 saturated carbocycles. The van der Waals surface area contributed by atoms with Crippen molar-refractivity contribution in [1.82, 2.24) is 10.2 Å². The highest BCUT2D eigenvalue weighted by molar-refractivity contribution is 5.96. The number of hydrogen-bond donors (Lipinski definition) is 1. The zero-order chi connectivity index (χ0) is 22.6. The maximum Gasteiger partial charge on any atom is 0.416 e. The third-order valence-corrected chi connectivity index (χ3v) is 5.33. The van der Waals surface area contributed by atoms with Gasteiger partial charge < -0.3 is 10.1 Å². The number of halogens is 3. The van der Waals surface area contributed by atoms with Gasteiger partial charge in [-0.05, 0) is 35.4 Å². The van der Waals surface area contributed by atoms with E-state index in [1.165, 1.54) is 12.1 Å². The highest BCUT2D eigenvalue weighted by atomic mass is 19.4.